The largest absolute Gasteiger partial charge is 0.512 e. The molecule has 1 aliphatic rings. The first kappa shape index (κ1) is 15.0. The number of hydrogen-bond acceptors (Lipinski definition) is 5. The maximum absolute atomic E-state index is 11.7. The number of nitrogens with zero attached hydrogens (tertiary/aromatic N) is 1. The summed E-state index contributed by atoms with van der Waals surface area (Å²) in [4.78, 5) is 27.3. The topological polar surface area (TPSA) is 76.0 Å². The van der Waals surface area contributed by atoms with E-state index in [-0.39, 0.29) is 23.1 Å². The number of carbonyl (C=O) groups is 2. The second-order valence-electron chi connectivity index (χ2n) is 4.66. The minimum atomic E-state index is -0.379. The van der Waals surface area contributed by atoms with Crippen LogP contribution in [0.15, 0.2) is 40.6 Å². The quantitative estimate of drug-likeness (QED) is 0.682. The van der Waals surface area contributed by atoms with Crippen LogP contribution < -0.4 is 0 Å². The second-order valence-corrected chi connectivity index (χ2v) is 4.66. The Labute approximate surface area is 123 Å². The van der Waals surface area contributed by atoms with Crippen LogP contribution in [0.1, 0.15) is 36.5 Å². The van der Waals surface area contributed by atoms with Gasteiger partial charge < -0.3 is 9.84 Å². The van der Waals surface area contributed by atoms with Crippen molar-refractivity contribution in [3.63, 3.8) is 0 Å². The number of aliphatic hydroxyl groups excluding tert-OH is 1. The molecule has 1 aromatic rings. The number of aliphatic hydroxyl groups is 1. The van der Waals surface area contributed by atoms with Gasteiger partial charge in [0.15, 0.2) is 5.78 Å². The Balaban J connectivity index is 2.11. The lowest BCUT2D eigenvalue weighted by molar-refractivity contribution is -0.115. The van der Waals surface area contributed by atoms with Crippen molar-refractivity contribution in [1.29, 1.82) is 0 Å². The number of allylic oxidation sites excluding steroid dienone is 2. The number of benzene rings is 1. The van der Waals surface area contributed by atoms with Gasteiger partial charge in [0.05, 0.1) is 23.4 Å². The molecule has 0 aromatic heterocycles. The average Bonchev–Trinajstić information content (AvgIpc) is 2.47. The standard InChI is InChI=1S/C16H17NO4/c1-2-21-16(20)11-6-8-12(9-7-11)17-10-13-14(18)4-3-5-15(13)19/h6-10,18H,2-5H2,1H3. The Morgan fingerprint density at radius 2 is 2.05 bits per heavy atom. The van der Waals surface area contributed by atoms with E-state index in [0.29, 0.717) is 37.1 Å². The van der Waals surface area contributed by atoms with Gasteiger partial charge >= 0.3 is 5.97 Å². The van der Waals surface area contributed by atoms with Gasteiger partial charge in [-0.3, -0.25) is 9.79 Å². The lowest BCUT2D eigenvalue weighted by Gasteiger charge is -2.11. The van der Waals surface area contributed by atoms with E-state index in [1.165, 1.54) is 6.21 Å². The number of hydrogen-bond donors (Lipinski definition) is 1. The number of Topliss-reactive ketones (excluding diaryl/α,β-unsaturated/α-hetero) is 1. The number of ketones is 1. The number of esters is 1. The van der Waals surface area contributed by atoms with Crippen LogP contribution in [0.2, 0.25) is 0 Å². The molecule has 5 nitrogen and oxygen atoms in total. The molecule has 0 amide bonds. The smallest absolute Gasteiger partial charge is 0.338 e. The molecule has 0 aliphatic heterocycles. The van der Waals surface area contributed by atoms with E-state index in [9.17, 15) is 14.7 Å². The van der Waals surface area contributed by atoms with Crippen molar-refractivity contribution in [1.82, 2.24) is 0 Å². The monoisotopic (exact) mass is 287 g/mol. The van der Waals surface area contributed by atoms with E-state index in [1.54, 1.807) is 31.2 Å². The summed E-state index contributed by atoms with van der Waals surface area (Å²) >= 11 is 0. The fourth-order valence-corrected chi connectivity index (χ4v) is 2.03. The van der Waals surface area contributed by atoms with E-state index < -0.39 is 0 Å². The summed E-state index contributed by atoms with van der Waals surface area (Å²) in [6.07, 6.45) is 3.01. The molecule has 21 heavy (non-hydrogen) atoms. The number of aliphatic imine (C=N–C) groups is 1. The number of ether oxygens (including phenoxy) is 1. The van der Waals surface area contributed by atoms with Gasteiger partial charge in [0.25, 0.3) is 0 Å². The zero-order chi connectivity index (χ0) is 15.2. The van der Waals surface area contributed by atoms with Crippen LogP contribution in [0, 0.1) is 0 Å². The molecule has 0 bridgehead atoms. The van der Waals surface area contributed by atoms with Crippen molar-refractivity contribution >= 4 is 23.7 Å². The third-order valence-corrected chi connectivity index (χ3v) is 3.15. The second kappa shape index (κ2) is 6.83. The molecule has 1 aliphatic carbocycles. The van der Waals surface area contributed by atoms with Crippen LogP contribution in [0.5, 0.6) is 0 Å². The fourth-order valence-electron chi connectivity index (χ4n) is 2.03. The lowest BCUT2D eigenvalue weighted by atomic mass is 9.97. The van der Waals surface area contributed by atoms with Crippen LogP contribution in [0.3, 0.4) is 0 Å². The molecule has 0 fully saturated rings. The summed E-state index contributed by atoms with van der Waals surface area (Å²) in [6.45, 7) is 2.08. The normalized spacial score (nSPS) is 15.6. The van der Waals surface area contributed by atoms with Crippen LogP contribution >= 0.6 is 0 Å². The summed E-state index contributed by atoms with van der Waals surface area (Å²) in [5, 5.41) is 9.70. The van der Waals surface area contributed by atoms with Crippen LogP contribution in [-0.2, 0) is 9.53 Å². The minimum absolute atomic E-state index is 0.0920. The van der Waals surface area contributed by atoms with Gasteiger partial charge in [-0.25, -0.2) is 4.79 Å². The minimum Gasteiger partial charge on any atom is -0.512 e. The van der Waals surface area contributed by atoms with E-state index in [2.05, 4.69) is 4.99 Å². The van der Waals surface area contributed by atoms with Gasteiger partial charge in [-0.05, 0) is 37.6 Å². The summed E-state index contributed by atoms with van der Waals surface area (Å²) < 4.78 is 4.89. The Bertz CT molecular complexity index is 599. The Kier molecular flexibility index (Phi) is 4.87. The molecule has 0 saturated carbocycles. The van der Waals surface area contributed by atoms with Crippen molar-refractivity contribution in [2.45, 2.75) is 26.2 Å². The van der Waals surface area contributed by atoms with Crippen LogP contribution in [0.25, 0.3) is 0 Å². The Morgan fingerprint density at radius 3 is 2.67 bits per heavy atom. The molecule has 110 valence electrons. The van der Waals surface area contributed by atoms with Gasteiger partial charge in [0, 0.05) is 19.1 Å². The summed E-state index contributed by atoms with van der Waals surface area (Å²) in [5.41, 5.74) is 1.32. The van der Waals surface area contributed by atoms with Crippen molar-refractivity contribution < 1.29 is 19.4 Å². The van der Waals surface area contributed by atoms with Crippen LogP contribution in [0.4, 0.5) is 5.69 Å². The van der Waals surface area contributed by atoms with E-state index in [0.717, 1.165) is 0 Å². The van der Waals surface area contributed by atoms with Gasteiger partial charge in [-0.15, -0.1) is 0 Å². The van der Waals surface area contributed by atoms with Gasteiger partial charge in [0.2, 0.25) is 0 Å². The molecular weight excluding hydrogens is 270 g/mol. The van der Waals surface area contributed by atoms with Gasteiger partial charge in [-0.2, -0.15) is 0 Å². The maximum atomic E-state index is 11.7. The molecular formula is C16H17NO4. The summed E-state index contributed by atoms with van der Waals surface area (Å²) in [6, 6.07) is 6.55. The fraction of sp³-hybridized carbons (Fsp3) is 0.312. The zero-order valence-electron chi connectivity index (χ0n) is 11.8. The molecule has 0 heterocycles. The molecule has 0 saturated heterocycles. The van der Waals surface area contributed by atoms with Crippen molar-refractivity contribution in [3.05, 3.63) is 41.2 Å². The first-order valence-corrected chi connectivity index (χ1v) is 6.88. The first-order chi connectivity index (χ1) is 10.1. The van der Waals surface area contributed by atoms with Crippen molar-refractivity contribution in [3.8, 4) is 0 Å². The molecule has 1 N–H and O–H groups in total. The average molecular weight is 287 g/mol. The highest BCUT2D eigenvalue weighted by Crippen LogP contribution is 2.20. The molecule has 1 aromatic carbocycles. The molecule has 0 atom stereocenters. The summed E-state index contributed by atoms with van der Waals surface area (Å²) in [5.74, 6) is -0.375. The third kappa shape index (κ3) is 3.78. The maximum Gasteiger partial charge on any atom is 0.338 e. The van der Waals surface area contributed by atoms with E-state index in [4.69, 9.17) is 4.74 Å². The third-order valence-electron chi connectivity index (χ3n) is 3.15. The predicted molar refractivity (Wildman–Crippen MR) is 79.1 cm³/mol. The lowest BCUT2D eigenvalue weighted by Crippen LogP contribution is -2.12. The van der Waals surface area contributed by atoms with Gasteiger partial charge in [0.1, 0.15) is 5.76 Å². The Hall–Kier alpha value is -2.43. The molecule has 0 spiro atoms. The highest BCUT2D eigenvalue weighted by Gasteiger charge is 2.18. The van der Waals surface area contributed by atoms with E-state index in [1.807, 2.05) is 0 Å². The highest BCUT2D eigenvalue weighted by molar-refractivity contribution is 6.14. The van der Waals surface area contributed by atoms with Crippen molar-refractivity contribution in [2.75, 3.05) is 6.61 Å². The molecule has 0 radical (unpaired) electrons. The van der Waals surface area contributed by atoms with Crippen molar-refractivity contribution in [2.24, 2.45) is 4.99 Å². The highest BCUT2D eigenvalue weighted by atomic mass is 16.5. The zero-order valence-corrected chi connectivity index (χ0v) is 11.8. The molecule has 0 unspecified atom stereocenters. The molecule has 2 rings (SSSR count). The molecule has 5 heteroatoms. The number of rotatable bonds is 4. The number of carbonyl (C=O) groups excluding carboxylic acids is 2. The van der Waals surface area contributed by atoms with E-state index >= 15 is 0 Å². The van der Waals surface area contributed by atoms with Crippen LogP contribution in [-0.4, -0.2) is 29.7 Å². The Morgan fingerprint density at radius 1 is 1.33 bits per heavy atom. The summed E-state index contributed by atoms with van der Waals surface area (Å²) in [7, 11) is 0. The predicted octanol–water partition coefficient (Wildman–Crippen LogP) is 3.13. The van der Waals surface area contributed by atoms with Gasteiger partial charge in [-0.1, -0.05) is 0 Å². The first-order valence-electron chi connectivity index (χ1n) is 6.88. The SMILES string of the molecule is CCOC(=O)c1ccc(N=CC2=C(O)CCCC2=O)cc1.